The van der Waals surface area contributed by atoms with Gasteiger partial charge in [0.25, 0.3) is 0 Å². The average Bonchev–Trinajstić information content (AvgIpc) is 2.86. The largest absolute Gasteiger partial charge is 0.249 e. The van der Waals surface area contributed by atoms with Crippen molar-refractivity contribution >= 4 is 21.1 Å². The number of rotatable bonds is 2. The van der Waals surface area contributed by atoms with Crippen molar-refractivity contribution in [1.29, 1.82) is 0 Å². The van der Waals surface area contributed by atoms with Gasteiger partial charge in [-0.25, -0.2) is 17.4 Å². The van der Waals surface area contributed by atoms with Crippen LogP contribution < -0.4 is 0 Å². The molecule has 5 heteroatoms. The molecule has 1 atom stereocenters. The van der Waals surface area contributed by atoms with Gasteiger partial charge in [0.15, 0.2) is 5.65 Å². The Balaban J connectivity index is 2.23. The predicted molar refractivity (Wildman–Crippen MR) is 80.0 cm³/mol. The summed E-state index contributed by atoms with van der Waals surface area (Å²) in [6, 6.07) is 5.44. The van der Waals surface area contributed by atoms with Crippen molar-refractivity contribution in [1.82, 2.24) is 8.96 Å². The molecule has 1 unspecified atom stereocenters. The van der Waals surface area contributed by atoms with E-state index in [1.165, 1.54) is 3.97 Å². The summed E-state index contributed by atoms with van der Waals surface area (Å²) in [5, 5.41) is 0.827. The second kappa shape index (κ2) is 4.31. The molecule has 0 aromatic carbocycles. The fourth-order valence-corrected chi connectivity index (χ4v) is 4.32. The summed E-state index contributed by atoms with van der Waals surface area (Å²) in [4.78, 5) is 4.20. The molecule has 3 rings (SSSR count). The summed E-state index contributed by atoms with van der Waals surface area (Å²) in [7, 11) is -3.56. The molecule has 1 aliphatic carbocycles. The van der Waals surface area contributed by atoms with Gasteiger partial charge in [-0.1, -0.05) is 23.8 Å². The molecule has 0 fully saturated rings. The normalized spacial score (nSPS) is 23.0. The SMILES string of the molecule is CC1=CC=CCC1(C)S(=O)(=O)n1ccc2cccnc21. The Morgan fingerprint density at radius 1 is 1.35 bits per heavy atom. The average molecular weight is 288 g/mol. The van der Waals surface area contributed by atoms with Crippen LogP contribution in [0.25, 0.3) is 11.0 Å². The maximum Gasteiger partial charge on any atom is 0.249 e. The lowest BCUT2D eigenvalue weighted by atomic mass is 9.94. The van der Waals surface area contributed by atoms with Crippen molar-refractivity contribution in [2.45, 2.75) is 25.0 Å². The summed E-state index contributed by atoms with van der Waals surface area (Å²) in [6.07, 6.45) is 9.33. The third kappa shape index (κ3) is 1.66. The highest BCUT2D eigenvalue weighted by Crippen LogP contribution is 2.35. The van der Waals surface area contributed by atoms with E-state index in [0.717, 1.165) is 11.0 Å². The van der Waals surface area contributed by atoms with Crippen molar-refractivity contribution in [3.63, 3.8) is 0 Å². The van der Waals surface area contributed by atoms with Crippen molar-refractivity contribution in [2.75, 3.05) is 0 Å². The minimum Gasteiger partial charge on any atom is -0.237 e. The minimum atomic E-state index is -3.56. The van der Waals surface area contributed by atoms with Crippen molar-refractivity contribution < 1.29 is 8.42 Å². The van der Waals surface area contributed by atoms with Gasteiger partial charge in [0.2, 0.25) is 10.0 Å². The van der Waals surface area contributed by atoms with Crippen LogP contribution in [0.1, 0.15) is 20.3 Å². The zero-order valence-corrected chi connectivity index (χ0v) is 12.3. The molecule has 0 spiro atoms. The zero-order chi connectivity index (χ0) is 14.4. The van der Waals surface area contributed by atoms with Crippen molar-refractivity contribution in [3.8, 4) is 0 Å². The molecule has 104 valence electrons. The molecule has 0 amide bonds. The highest BCUT2D eigenvalue weighted by Gasteiger charge is 2.42. The number of hydrogen-bond donors (Lipinski definition) is 0. The molecule has 4 nitrogen and oxygen atoms in total. The summed E-state index contributed by atoms with van der Waals surface area (Å²) in [5.41, 5.74) is 1.33. The molecule has 20 heavy (non-hydrogen) atoms. The van der Waals surface area contributed by atoms with Crippen LogP contribution in [0.15, 0.2) is 54.4 Å². The number of pyridine rings is 1. The van der Waals surface area contributed by atoms with Crippen LogP contribution in [0.4, 0.5) is 0 Å². The number of aromatic nitrogens is 2. The molecule has 0 radical (unpaired) electrons. The van der Waals surface area contributed by atoms with E-state index in [1.54, 1.807) is 31.5 Å². The summed E-state index contributed by atoms with van der Waals surface area (Å²) >= 11 is 0. The standard InChI is InChI=1S/C15H16N2O2S/c1-12-6-3-4-9-15(12,2)20(18,19)17-11-8-13-7-5-10-16-14(13)17/h3-8,10-11H,9H2,1-2H3. The number of allylic oxidation sites excluding steroid dienone is 3. The molecule has 0 aliphatic heterocycles. The van der Waals surface area contributed by atoms with E-state index in [1.807, 2.05) is 31.2 Å². The molecule has 2 heterocycles. The quantitative estimate of drug-likeness (QED) is 0.854. The maximum atomic E-state index is 13.0. The van der Waals surface area contributed by atoms with Crippen LogP contribution in [-0.4, -0.2) is 22.1 Å². The van der Waals surface area contributed by atoms with E-state index < -0.39 is 14.8 Å². The van der Waals surface area contributed by atoms with Crippen molar-refractivity contribution in [2.24, 2.45) is 0 Å². The van der Waals surface area contributed by atoms with Crippen LogP contribution in [-0.2, 0) is 10.0 Å². The first-order valence-corrected chi connectivity index (χ1v) is 7.92. The van der Waals surface area contributed by atoms with Crippen LogP contribution in [0.2, 0.25) is 0 Å². The van der Waals surface area contributed by atoms with Gasteiger partial charge in [-0.15, -0.1) is 0 Å². The van der Waals surface area contributed by atoms with E-state index in [9.17, 15) is 8.42 Å². The van der Waals surface area contributed by atoms with Crippen LogP contribution >= 0.6 is 0 Å². The smallest absolute Gasteiger partial charge is 0.237 e. The molecular formula is C15H16N2O2S. The maximum absolute atomic E-state index is 13.0. The first kappa shape index (κ1) is 13.1. The predicted octanol–water partition coefficient (Wildman–Crippen LogP) is 2.88. The second-order valence-corrected chi connectivity index (χ2v) is 7.49. The van der Waals surface area contributed by atoms with Gasteiger partial charge in [0.05, 0.1) is 0 Å². The zero-order valence-electron chi connectivity index (χ0n) is 11.4. The van der Waals surface area contributed by atoms with E-state index in [-0.39, 0.29) is 0 Å². The highest BCUT2D eigenvalue weighted by atomic mass is 32.2. The van der Waals surface area contributed by atoms with Gasteiger partial charge in [-0.2, -0.15) is 0 Å². The topological polar surface area (TPSA) is 52.0 Å². The van der Waals surface area contributed by atoms with E-state index in [2.05, 4.69) is 4.98 Å². The third-order valence-electron chi connectivity index (χ3n) is 4.07. The van der Waals surface area contributed by atoms with Gasteiger partial charge < -0.3 is 0 Å². The monoisotopic (exact) mass is 288 g/mol. The number of hydrogen-bond acceptors (Lipinski definition) is 3. The van der Waals surface area contributed by atoms with Gasteiger partial charge in [-0.3, -0.25) is 0 Å². The highest BCUT2D eigenvalue weighted by molar-refractivity contribution is 7.91. The van der Waals surface area contributed by atoms with E-state index in [0.29, 0.717) is 12.1 Å². The lowest BCUT2D eigenvalue weighted by molar-refractivity contribution is 0.546. The Labute approximate surface area is 118 Å². The van der Waals surface area contributed by atoms with Crippen molar-refractivity contribution in [3.05, 3.63) is 54.4 Å². The molecule has 1 aliphatic rings. The molecule has 0 N–H and O–H groups in total. The van der Waals surface area contributed by atoms with Crippen LogP contribution in [0.5, 0.6) is 0 Å². The van der Waals surface area contributed by atoms with E-state index >= 15 is 0 Å². The number of fused-ring (bicyclic) bond motifs is 1. The molecular weight excluding hydrogens is 272 g/mol. The molecule has 0 saturated carbocycles. The minimum absolute atomic E-state index is 0.476. The first-order valence-electron chi connectivity index (χ1n) is 6.48. The summed E-state index contributed by atoms with van der Waals surface area (Å²) in [6.45, 7) is 3.63. The van der Waals surface area contributed by atoms with E-state index in [4.69, 9.17) is 0 Å². The van der Waals surface area contributed by atoms with Gasteiger partial charge in [-0.05, 0) is 38.5 Å². The first-order chi connectivity index (χ1) is 9.47. The molecule has 2 aromatic rings. The molecule has 0 bridgehead atoms. The molecule has 2 aromatic heterocycles. The van der Waals surface area contributed by atoms with Gasteiger partial charge in [0, 0.05) is 17.8 Å². The lowest BCUT2D eigenvalue weighted by Gasteiger charge is -2.31. The van der Waals surface area contributed by atoms with Gasteiger partial charge in [0.1, 0.15) is 4.75 Å². The summed E-state index contributed by atoms with van der Waals surface area (Å²) in [5.74, 6) is 0. The molecule has 0 saturated heterocycles. The Bertz CT molecular complexity index is 830. The second-order valence-electron chi connectivity index (χ2n) is 5.25. The Morgan fingerprint density at radius 3 is 2.90 bits per heavy atom. The Kier molecular flexibility index (Phi) is 2.83. The van der Waals surface area contributed by atoms with Gasteiger partial charge >= 0.3 is 0 Å². The lowest BCUT2D eigenvalue weighted by Crippen LogP contribution is -2.40. The fraction of sp³-hybridized carbons (Fsp3) is 0.267. The Morgan fingerprint density at radius 2 is 2.15 bits per heavy atom. The number of nitrogens with zero attached hydrogens (tertiary/aromatic N) is 2. The van der Waals surface area contributed by atoms with Crippen LogP contribution in [0.3, 0.4) is 0 Å². The fourth-order valence-electron chi connectivity index (χ4n) is 2.50. The Hall–Kier alpha value is -1.88. The summed E-state index contributed by atoms with van der Waals surface area (Å²) < 4.78 is 26.5. The van der Waals surface area contributed by atoms with Crippen LogP contribution in [0, 0.1) is 0 Å². The third-order valence-corrected chi connectivity index (χ3v) is 6.51.